The second-order valence-corrected chi connectivity index (χ2v) is 6.88. The molecule has 4 rings (SSSR count). The first-order chi connectivity index (χ1) is 13.1. The van der Waals surface area contributed by atoms with Gasteiger partial charge in [0.15, 0.2) is 0 Å². The molecular weight excluding hydrogens is 360 g/mol. The van der Waals surface area contributed by atoms with Crippen LogP contribution in [-0.2, 0) is 11.3 Å². The van der Waals surface area contributed by atoms with Gasteiger partial charge in [0.05, 0.1) is 11.8 Å². The number of benzene rings is 2. The van der Waals surface area contributed by atoms with E-state index in [1.165, 1.54) is 0 Å². The Labute approximate surface area is 162 Å². The first-order valence-electron chi connectivity index (χ1n) is 8.72. The number of allylic oxidation sites excluding steroid dienone is 1. The number of carbonyl (C=O) groups excluding carboxylic acids is 1. The van der Waals surface area contributed by atoms with E-state index < -0.39 is 0 Å². The maximum atomic E-state index is 13.1. The fourth-order valence-corrected chi connectivity index (χ4v) is 3.45. The average molecular weight is 379 g/mol. The summed E-state index contributed by atoms with van der Waals surface area (Å²) in [5.41, 5.74) is 3.46. The van der Waals surface area contributed by atoms with Crippen LogP contribution >= 0.6 is 11.6 Å². The molecule has 0 radical (unpaired) electrons. The zero-order chi connectivity index (χ0) is 18.8. The Balaban J connectivity index is 1.67. The van der Waals surface area contributed by atoms with Gasteiger partial charge in [0.1, 0.15) is 11.9 Å². The smallest absolute Gasteiger partial charge is 0.251 e. The van der Waals surface area contributed by atoms with Crippen molar-refractivity contribution in [2.24, 2.45) is 0 Å². The maximum absolute atomic E-state index is 13.1. The second-order valence-electron chi connectivity index (χ2n) is 6.45. The summed E-state index contributed by atoms with van der Waals surface area (Å²) in [6.45, 7) is 2.38. The number of rotatable bonds is 4. The Kier molecular flexibility index (Phi) is 4.69. The van der Waals surface area contributed by atoms with Crippen molar-refractivity contribution in [3.63, 3.8) is 0 Å². The maximum Gasteiger partial charge on any atom is 0.251 e. The minimum absolute atomic E-state index is 0.120. The van der Waals surface area contributed by atoms with Crippen LogP contribution in [0.1, 0.15) is 24.1 Å². The molecule has 1 amide bonds. The summed E-state index contributed by atoms with van der Waals surface area (Å²) in [7, 11) is 0. The molecular formula is C21H19ClN4O. The lowest BCUT2D eigenvalue weighted by molar-refractivity contribution is -0.118. The van der Waals surface area contributed by atoms with Gasteiger partial charge in [0.25, 0.3) is 5.91 Å². The summed E-state index contributed by atoms with van der Waals surface area (Å²) in [6.07, 6.45) is 1.73. The van der Waals surface area contributed by atoms with Crippen molar-refractivity contribution in [1.29, 1.82) is 0 Å². The van der Waals surface area contributed by atoms with E-state index >= 15 is 0 Å². The summed E-state index contributed by atoms with van der Waals surface area (Å²) in [5, 5.41) is 11.4. The first kappa shape index (κ1) is 17.4. The van der Waals surface area contributed by atoms with E-state index in [2.05, 4.69) is 15.7 Å². The van der Waals surface area contributed by atoms with Crippen LogP contribution in [0.2, 0.25) is 5.02 Å². The third-order valence-electron chi connectivity index (χ3n) is 4.63. The molecule has 0 saturated carbocycles. The Morgan fingerprint density at radius 3 is 2.63 bits per heavy atom. The molecule has 0 bridgehead atoms. The lowest BCUT2D eigenvalue weighted by atomic mass is 9.95. The summed E-state index contributed by atoms with van der Waals surface area (Å²) in [4.78, 5) is 13.1. The number of carbonyl (C=O) groups is 1. The molecule has 0 spiro atoms. The summed E-state index contributed by atoms with van der Waals surface area (Å²) >= 11 is 6.05. The molecule has 1 aromatic heterocycles. The van der Waals surface area contributed by atoms with E-state index in [4.69, 9.17) is 11.6 Å². The molecule has 1 aliphatic heterocycles. The predicted molar refractivity (Wildman–Crippen MR) is 106 cm³/mol. The molecule has 1 unspecified atom stereocenters. The topological polar surface area (TPSA) is 59.0 Å². The molecule has 2 aromatic carbocycles. The van der Waals surface area contributed by atoms with Gasteiger partial charge in [-0.05, 0) is 30.2 Å². The van der Waals surface area contributed by atoms with Crippen molar-refractivity contribution < 1.29 is 4.79 Å². The molecule has 136 valence electrons. The van der Waals surface area contributed by atoms with E-state index in [9.17, 15) is 4.79 Å². The zero-order valence-electron chi connectivity index (χ0n) is 14.8. The van der Waals surface area contributed by atoms with Crippen LogP contribution in [-0.4, -0.2) is 15.7 Å². The number of hydrogen-bond donors (Lipinski definition) is 2. The standard InChI is InChI=1S/C21H19ClN4O/c1-14-19(21(27)23-13-15-5-3-2-4-6-15)20(16-7-9-17(22)10-8-16)26-18(25-14)11-12-24-26/h2-12,20,25H,13H2,1H3,(H,23,27). The fraction of sp³-hybridized carbons (Fsp3) is 0.143. The first-order valence-corrected chi connectivity index (χ1v) is 9.10. The van der Waals surface area contributed by atoms with E-state index in [0.717, 1.165) is 22.6 Å². The van der Waals surface area contributed by atoms with E-state index in [1.807, 2.05) is 72.3 Å². The van der Waals surface area contributed by atoms with Crippen LogP contribution in [0.4, 0.5) is 5.82 Å². The minimum atomic E-state index is -0.315. The fourth-order valence-electron chi connectivity index (χ4n) is 3.33. The molecule has 5 nitrogen and oxygen atoms in total. The number of anilines is 1. The predicted octanol–water partition coefficient (Wildman–Crippen LogP) is 4.14. The van der Waals surface area contributed by atoms with E-state index in [0.29, 0.717) is 17.1 Å². The van der Waals surface area contributed by atoms with Crippen LogP contribution in [0.5, 0.6) is 0 Å². The van der Waals surface area contributed by atoms with Gasteiger partial charge in [0, 0.05) is 23.3 Å². The van der Waals surface area contributed by atoms with Gasteiger partial charge in [-0.3, -0.25) is 4.79 Å². The molecule has 1 aliphatic rings. The van der Waals surface area contributed by atoms with Gasteiger partial charge in [-0.2, -0.15) is 5.10 Å². The zero-order valence-corrected chi connectivity index (χ0v) is 15.6. The summed E-state index contributed by atoms with van der Waals surface area (Å²) in [5.74, 6) is 0.733. The summed E-state index contributed by atoms with van der Waals surface area (Å²) < 4.78 is 1.83. The van der Waals surface area contributed by atoms with Gasteiger partial charge in [-0.15, -0.1) is 0 Å². The number of nitrogens with zero attached hydrogens (tertiary/aromatic N) is 2. The van der Waals surface area contributed by atoms with Crippen molar-refractivity contribution in [2.75, 3.05) is 5.32 Å². The number of aromatic nitrogens is 2. The quantitative estimate of drug-likeness (QED) is 0.717. The van der Waals surface area contributed by atoms with E-state index in [-0.39, 0.29) is 11.9 Å². The molecule has 27 heavy (non-hydrogen) atoms. The van der Waals surface area contributed by atoms with Gasteiger partial charge in [0.2, 0.25) is 0 Å². The van der Waals surface area contributed by atoms with Crippen molar-refractivity contribution in [3.05, 3.63) is 94.3 Å². The van der Waals surface area contributed by atoms with Crippen LogP contribution in [0, 0.1) is 0 Å². The lowest BCUT2D eigenvalue weighted by Gasteiger charge is -2.29. The molecule has 6 heteroatoms. The number of amides is 1. The molecule has 0 aliphatic carbocycles. The highest BCUT2D eigenvalue weighted by Gasteiger charge is 2.32. The molecule has 0 fully saturated rings. The number of halogens is 1. The molecule has 0 saturated heterocycles. The van der Waals surface area contributed by atoms with Crippen LogP contribution in [0.15, 0.2) is 78.1 Å². The highest BCUT2D eigenvalue weighted by Crippen LogP contribution is 2.35. The molecule has 2 N–H and O–H groups in total. The van der Waals surface area contributed by atoms with Crippen LogP contribution < -0.4 is 10.6 Å². The summed E-state index contributed by atoms with van der Waals surface area (Å²) in [6, 6.07) is 19.0. The highest BCUT2D eigenvalue weighted by molar-refractivity contribution is 6.30. The SMILES string of the molecule is CC1=C(C(=O)NCc2ccccc2)C(c2ccc(Cl)cc2)n2nccc2N1. The third kappa shape index (κ3) is 3.46. The second kappa shape index (κ2) is 7.29. The lowest BCUT2D eigenvalue weighted by Crippen LogP contribution is -2.34. The van der Waals surface area contributed by atoms with Crippen molar-refractivity contribution in [2.45, 2.75) is 19.5 Å². The van der Waals surface area contributed by atoms with Crippen molar-refractivity contribution >= 4 is 23.3 Å². The molecule has 2 heterocycles. The Bertz CT molecular complexity index is 993. The van der Waals surface area contributed by atoms with Crippen LogP contribution in [0.3, 0.4) is 0 Å². The van der Waals surface area contributed by atoms with Gasteiger partial charge < -0.3 is 10.6 Å². The molecule has 1 atom stereocenters. The van der Waals surface area contributed by atoms with Gasteiger partial charge >= 0.3 is 0 Å². The average Bonchev–Trinajstić information content (AvgIpc) is 3.14. The number of hydrogen-bond acceptors (Lipinski definition) is 3. The largest absolute Gasteiger partial charge is 0.348 e. The van der Waals surface area contributed by atoms with Crippen molar-refractivity contribution in [3.8, 4) is 0 Å². The monoisotopic (exact) mass is 378 g/mol. The van der Waals surface area contributed by atoms with Gasteiger partial charge in [-0.1, -0.05) is 54.1 Å². The Morgan fingerprint density at radius 2 is 1.89 bits per heavy atom. The van der Waals surface area contributed by atoms with Crippen LogP contribution in [0.25, 0.3) is 0 Å². The number of nitrogens with one attached hydrogen (secondary N) is 2. The minimum Gasteiger partial charge on any atom is -0.348 e. The van der Waals surface area contributed by atoms with Gasteiger partial charge in [-0.25, -0.2) is 4.68 Å². The van der Waals surface area contributed by atoms with Crippen molar-refractivity contribution in [1.82, 2.24) is 15.1 Å². The molecule has 3 aromatic rings. The Hall–Kier alpha value is -3.05. The Morgan fingerprint density at radius 1 is 1.15 bits per heavy atom. The normalized spacial score (nSPS) is 15.9. The third-order valence-corrected chi connectivity index (χ3v) is 4.89. The van der Waals surface area contributed by atoms with E-state index in [1.54, 1.807) is 6.20 Å². The highest BCUT2D eigenvalue weighted by atomic mass is 35.5. The number of fused-ring (bicyclic) bond motifs is 1.